The fourth-order valence-corrected chi connectivity index (χ4v) is 1.41. The first-order chi connectivity index (χ1) is 6.45. The lowest BCUT2D eigenvalue weighted by Crippen LogP contribution is -2.12. The molecule has 0 saturated carbocycles. The molecule has 3 N–H and O–H groups in total. The first kappa shape index (κ1) is 11.1. The highest BCUT2D eigenvalue weighted by Crippen LogP contribution is 2.25. The number of hydrogen-bond donors (Lipinski definition) is 2. The van der Waals surface area contributed by atoms with Gasteiger partial charge in [-0.05, 0) is 29.0 Å². The van der Waals surface area contributed by atoms with Gasteiger partial charge in [-0.3, -0.25) is 0 Å². The number of nitrogens with two attached hydrogens (primary N) is 1. The fourth-order valence-electron chi connectivity index (χ4n) is 1.41. The number of nitrogen functional groups attached to an aromatic ring is 1. The van der Waals surface area contributed by atoms with Gasteiger partial charge in [-0.25, -0.2) is 0 Å². The van der Waals surface area contributed by atoms with Crippen molar-refractivity contribution in [3.8, 4) is 0 Å². The lowest BCUT2D eigenvalue weighted by atomic mass is 9.85. The van der Waals surface area contributed by atoms with Gasteiger partial charge in [0.05, 0.1) is 0 Å². The van der Waals surface area contributed by atoms with Crippen LogP contribution in [-0.2, 0) is 11.8 Å². The summed E-state index contributed by atoms with van der Waals surface area (Å²) in [5.41, 5.74) is 9.02. The van der Waals surface area contributed by atoms with E-state index in [1.807, 2.05) is 6.07 Å². The molecule has 0 aromatic heterocycles. The van der Waals surface area contributed by atoms with Gasteiger partial charge >= 0.3 is 0 Å². The van der Waals surface area contributed by atoms with Gasteiger partial charge < -0.3 is 10.8 Å². The van der Waals surface area contributed by atoms with Gasteiger partial charge in [0.2, 0.25) is 0 Å². The first-order valence-electron chi connectivity index (χ1n) is 4.95. The summed E-state index contributed by atoms with van der Waals surface area (Å²) < 4.78 is 0. The van der Waals surface area contributed by atoms with Crippen molar-refractivity contribution in [3.05, 3.63) is 29.3 Å². The smallest absolute Gasteiger partial charge is 0.0472 e. The standard InChI is InChI=1S/C12H19NO/c1-12(2,3)10-4-5-11(13)9(8-10)6-7-14/h4-5,8,14H,6-7,13H2,1-3H3. The lowest BCUT2D eigenvalue weighted by Gasteiger charge is -2.20. The average Bonchev–Trinajstić information content (AvgIpc) is 2.07. The second-order valence-electron chi connectivity index (χ2n) is 4.64. The molecule has 0 aliphatic carbocycles. The third-order valence-corrected chi connectivity index (χ3v) is 2.39. The van der Waals surface area contributed by atoms with Crippen molar-refractivity contribution < 1.29 is 5.11 Å². The molecular weight excluding hydrogens is 174 g/mol. The van der Waals surface area contributed by atoms with Crippen LogP contribution in [-0.4, -0.2) is 11.7 Å². The van der Waals surface area contributed by atoms with Crippen molar-refractivity contribution in [1.82, 2.24) is 0 Å². The van der Waals surface area contributed by atoms with Crippen LogP contribution in [0.4, 0.5) is 5.69 Å². The molecule has 0 heterocycles. The third kappa shape index (κ3) is 2.48. The summed E-state index contributed by atoms with van der Waals surface area (Å²) in [6.07, 6.45) is 0.635. The monoisotopic (exact) mass is 193 g/mol. The maximum atomic E-state index is 8.88. The largest absolute Gasteiger partial charge is 0.399 e. The maximum absolute atomic E-state index is 8.88. The number of aliphatic hydroxyl groups is 1. The van der Waals surface area contributed by atoms with E-state index in [1.165, 1.54) is 5.56 Å². The predicted molar refractivity (Wildman–Crippen MR) is 60.3 cm³/mol. The van der Waals surface area contributed by atoms with Gasteiger partial charge in [0.15, 0.2) is 0 Å². The average molecular weight is 193 g/mol. The summed E-state index contributed by atoms with van der Waals surface area (Å²) in [5, 5.41) is 8.88. The molecule has 0 saturated heterocycles. The van der Waals surface area contributed by atoms with E-state index in [1.54, 1.807) is 0 Å². The third-order valence-electron chi connectivity index (χ3n) is 2.39. The van der Waals surface area contributed by atoms with Crippen LogP contribution >= 0.6 is 0 Å². The Bertz CT molecular complexity index is 313. The van der Waals surface area contributed by atoms with Crippen molar-refractivity contribution in [3.63, 3.8) is 0 Å². The Labute approximate surface area is 85.8 Å². The van der Waals surface area contributed by atoms with Gasteiger partial charge in [0.25, 0.3) is 0 Å². The highest BCUT2D eigenvalue weighted by atomic mass is 16.2. The van der Waals surface area contributed by atoms with E-state index in [9.17, 15) is 0 Å². The maximum Gasteiger partial charge on any atom is 0.0472 e. The van der Waals surface area contributed by atoms with Gasteiger partial charge in [-0.2, -0.15) is 0 Å². The van der Waals surface area contributed by atoms with Gasteiger partial charge in [-0.1, -0.05) is 32.9 Å². The fraction of sp³-hybridized carbons (Fsp3) is 0.500. The van der Waals surface area contributed by atoms with Crippen LogP contribution in [0.5, 0.6) is 0 Å². The number of anilines is 1. The molecule has 2 heteroatoms. The van der Waals surface area contributed by atoms with E-state index >= 15 is 0 Å². The summed E-state index contributed by atoms with van der Waals surface area (Å²) in [4.78, 5) is 0. The zero-order valence-corrected chi connectivity index (χ0v) is 9.17. The molecule has 0 aliphatic heterocycles. The first-order valence-corrected chi connectivity index (χ1v) is 4.95. The van der Waals surface area contributed by atoms with E-state index in [-0.39, 0.29) is 12.0 Å². The van der Waals surface area contributed by atoms with Crippen LogP contribution in [0.2, 0.25) is 0 Å². The molecule has 0 amide bonds. The molecule has 0 aliphatic rings. The van der Waals surface area contributed by atoms with E-state index in [0.717, 1.165) is 11.3 Å². The minimum absolute atomic E-state index is 0.137. The van der Waals surface area contributed by atoms with Crippen LogP contribution in [0.25, 0.3) is 0 Å². The van der Waals surface area contributed by atoms with Crippen LogP contribution < -0.4 is 5.73 Å². The van der Waals surface area contributed by atoms with Crippen molar-refractivity contribution in [2.75, 3.05) is 12.3 Å². The predicted octanol–water partition coefficient (Wildman–Crippen LogP) is 2.10. The molecule has 0 atom stereocenters. The van der Waals surface area contributed by atoms with Gasteiger partial charge in [0.1, 0.15) is 0 Å². The topological polar surface area (TPSA) is 46.2 Å². The molecule has 0 bridgehead atoms. The highest BCUT2D eigenvalue weighted by Gasteiger charge is 2.14. The minimum Gasteiger partial charge on any atom is -0.399 e. The Balaban J connectivity index is 3.06. The molecule has 1 aromatic rings. The van der Waals surface area contributed by atoms with Gasteiger partial charge in [-0.15, -0.1) is 0 Å². The molecule has 0 radical (unpaired) electrons. The molecule has 78 valence electrons. The summed E-state index contributed by atoms with van der Waals surface area (Å²) in [7, 11) is 0. The number of hydrogen-bond acceptors (Lipinski definition) is 2. The van der Waals surface area contributed by atoms with E-state index in [0.29, 0.717) is 6.42 Å². The number of benzene rings is 1. The Morgan fingerprint density at radius 2 is 1.93 bits per heavy atom. The summed E-state index contributed by atoms with van der Waals surface area (Å²) in [5.74, 6) is 0. The molecule has 2 nitrogen and oxygen atoms in total. The van der Waals surface area contributed by atoms with Crippen molar-refractivity contribution in [1.29, 1.82) is 0 Å². The van der Waals surface area contributed by atoms with E-state index < -0.39 is 0 Å². The van der Waals surface area contributed by atoms with Crippen molar-refractivity contribution in [2.24, 2.45) is 0 Å². The van der Waals surface area contributed by atoms with E-state index in [4.69, 9.17) is 10.8 Å². The molecule has 0 fully saturated rings. The molecular formula is C12H19NO. The second kappa shape index (κ2) is 4.01. The normalized spacial score (nSPS) is 11.7. The molecule has 1 rings (SSSR count). The quantitative estimate of drug-likeness (QED) is 0.706. The molecule has 0 unspecified atom stereocenters. The van der Waals surface area contributed by atoms with Crippen LogP contribution in [0.3, 0.4) is 0 Å². The molecule has 0 spiro atoms. The van der Waals surface area contributed by atoms with Crippen LogP contribution in [0.1, 0.15) is 31.9 Å². The van der Waals surface area contributed by atoms with Crippen molar-refractivity contribution in [2.45, 2.75) is 32.6 Å². The summed E-state index contributed by atoms with van der Waals surface area (Å²) in [6, 6.07) is 6.06. The van der Waals surface area contributed by atoms with Crippen LogP contribution in [0, 0.1) is 0 Å². The number of rotatable bonds is 2. The van der Waals surface area contributed by atoms with E-state index in [2.05, 4.69) is 32.9 Å². The number of aliphatic hydroxyl groups excluding tert-OH is 1. The summed E-state index contributed by atoms with van der Waals surface area (Å²) >= 11 is 0. The second-order valence-corrected chi connectivity index (χ2v) is 4.64. The SMILES string of the molecule is CC(C)(C)c1ccc(N)c(CCO)c1. The highest BCUT2D eigenvalue weighted by molar-refractivity contribution is 5.49. The van der Waals surface area contributed by atoms with Crippen molar-refractivity contribution >= 4 is 5.69 Å². The summed E-state index contributed by atoms with van der Waals surface area (Å²) in [6.45, 7) is 6.65. The Morgan fingerprint density at radius 1 is 1.29 bits per heavy atom. The minimum atomic E-state index is 0.137. The zero-order chi connectivity index (χ0) is 10.8. The Hall–Kier alpha value is -1.02. The Morgan fingerprint density at radius 3 is 2.43 bits per heavy atom. The lowest BCUT2D eigenvalue weighted by molar-refractivity contribution is 0.299. The van der Waals surface area contributed by atoms with Gasteiger partial charge in [0, 0.05) is 12.3 Å². The van der Waals surface area contributed by atoms with Crippen LogP contribution in [0.15, 0.2) is 18.2 Å². The zero-order valence-electron chi connectivity index (χ0n) is 9.17. The molecule has 1 aromatic carbocycles. The molecule has 14 heavy (non-hydrogen) atoms. The Kier molecular flexibility index (Phi) is 3.17.